The van der Waals surface area contributed by atoms with Gasteiger partial charge in [-0.1, -0.05) is 64.0 Å². The second-order valence-corrected chi connectivity index (χ2v) is 4.68. The van der Waals surface area contributed by atoms with E-state index in [4.69, 9.17) is 9.22 Å². The first-order valence-corrected chi connectivity index (χ1v) is 7.29. The van der Waals surface area contributed by atoms with Crippen LogP contribution in [0, 0.1) is 0 Å². The van der Waals surface area contributed by atoms with Gasteiger partial charge in [-0.25, -0.2) is 0 Å². The van der Waals surface area contributed by atoms with Gasteiger partial charge >= 0.3 is 5.97 Å². The van der Waals surface area contributed by atoms with Crippen LogP contribution < -0.4 is 0 Å². The molecular formula is C16H30O2. The molecule has 0 bridgehead atoms. The highest BCUT2D eigenvalue weighted by atomic mass is 16.4. The summed E-state index contributed by atoms with van der Waals surface area (Å²) >= 11 is 0. The fourth-order valence-electron chi connectivity index (χ4n) is 1.72. The Morgan fingerprint density at radius 1 is 1.11 bits per heavy atom. The monoisotopic (exact) mass is 257 g/mol. The molecular weight excluding hydrogens is 224 g/mol. The van der Waals surface area contributed by atoms with Crippen LogP contribution in [0.1, 0.15) is 88.0 Å². The molecule has 2 nitrogen and oxygen atoms in total. The van der Waals surface area contributed by atoms with Gasteiger partial charge < -0.3 is 5.11 Å². The minimum atomic E-state index is -1.50. The number of hydrogen-bond donors (Lipinski definition) is 1. The van der Waals surface area contributed by atoms with Crippen LogP contribution in [0.15, 0.2) is 12.1 Å². The second-order valence-electron chi connectivity index (χ2n) is 4.68. The van der Waals surface area contributed by atoms with Gasteiger partial charge in [0, 0.05) is 9.16 Å². The molecule has 0 aliphatic rings. The molecule has 0 aliphatic heterocycles. The number of allylic oxidation sites excluding steroid dienone is 2. The molecule has 1 N–H and O–H groups in total. The van der Waals surface area contributed by atoms with Crippen molar-refractivity contribution in [2.75, 3.05) is 0 Å². The van der Waals surface area contributed by atoms with Crippen molar-refractivity contribution in [2.24, 2.45) is 0 Å². The van der Waals surface area contributed by atoms with E-state index < -0.39 is 12.3 Å². The summed E-state index contributed by atoms with van der Waals surface area (Å²) in [4.78, 5) is 10.3. The molecule has 0 aromatic carbocycles. The summed E-state index contributed by atoms with van der Waals surface area (Å²) in [5.74, 6) is -0.735. The highest BCUT2D eigenvalue weighted by molar-refractivity contribution is 5.66. The molecule has 0 aromatic heterocycles. The lowest BCUT2D eigenvalue weighted by molar-refractivity contribution is -0.137. The van der Waals surface area contributed by atoms with Gasteiger partial charge in [0.1, 0.15) is 0 Å². The topological polar surface area (TPSA) is 37.3 Å². The maximum atomic E-state index is 10.3. The van der Waals surface area contributed by atoms with Crippen molar-refractivity contribution in [1.29, 1.82) is 0 Å². The third-order valence-corrected chi connectivity index (χ3v) is 2.85. The normalized spacial score (nSPS) is 14.9. The Bertz CT molecular complexity index is 315. The van der Waals surface area contributed by atoms with E-state index in [1.807, 2.05) is 0 Å². The number of hydrogen-bond acceptors (Lipinski definition) is 1. The first kappa shape index (κ1) is 12.3. The smallest absolute Gasteiger partial charge is 0.303 e. The minimum absolute atomic E-state index is 0.123. The van der Waals surface area contributed by atoms with Crippen molar-refractivity contribution in [3.63, 3.8) is 0 Å². The second kappa shape index (κ2) is 14.3. The number of carboxylic acid groups (broad SMARTS) is 1. The van der Waals surface area contributed by atoms with Crippen LogP contribution >= 0.6 is 0 Å². The van der Waals surface area contributed by atoms with Crippen molar-refractivity contribution in [3.8, 4) is 0 Å². The van der Waals surface area contributed by atoms with Crippen LogP contribution in [-0.2, 0) is 4.79 Å². The lowest BCUT2D eigenvalue weighted by Crippen LogP contribution is -1.93. The standard InChI is InChI=1S/C16H30O2/c1-2-3-4-5-6-7-8-9-10-11-12-13-14-15-16(17)18/h5-6H,2-4,7-15H2,1H3,(H,17,18)/b6-5-/i6D,7D2. The predicted octanol–water partition coefficient (Wildman–Crippen LogP) is 5.33. The summed E-state index contributed by atoms with van der Waals surface area (Å²) in [6.45, 7) is 2.09. The Labute approximate surface area is 117 Å². The van der Waals surface area contributed by atoms with Gasteiger partial charge in [-0.3, -0.25) is 4.79 Å². The zero-order valence-corrected chi connectivity index (χ0v) is 11.7. The Morgan fingerprint density at radius 2 is 1.72 bits per heavy atom. The van der Waals surface area contributed by atoms with Crippen molar-refractivity contribution >= 4 is 5.97 Å². The van der Waals surface area contributed by atoms with Crippen LogP contribution in [0.5, 0.6) is 0 Å². The maximum Gasteiger partial charge on any atom is 0.303 e. The summed E-state index contributed by atoms with van der Waals surface area (Å²) in [5, 5.41) is 8.51. The molecule has 0 fully saturated rings. The Balaban J connectivity index is 3.69. The predicted molar refractivity (Wildman–Crippen MR) is 77.9 cm³/mol. The highest BCUT2D eigenvalue weighted by Gasteiger charge is 1.96. The molecule has 0 radical (unpaired) electrons. The zero-order valence-electron chi connectivity index (χ0n) is 14.7. The summed E-state index contributed by atoms with van der Waals surface area (Å²) in [5.41, 5.74) is 0. The minimum Gasteiger partial charge on any atom is -0.481 e. The first-order chi connectivity index (χ1) is 9.90. The van der Waals surface area contributed by atoms with Crippen LogP contribution in [0.4, 0.5) is 0 Å². The Kier molecular flexibility index (Phi) is 9.72. The molecule has 0 rings (SSSR count). The number of carbonyl (C=O) groups is 1. The summed E-state index contributed by atoms with van der Waals surface area (Å²) in [6.07, 6.45) is 9.15. The molecule has 0 aliphatic carbocycles. The summed E-state index contributed by atoms with van der Waals surface area (Å²) in [6, 6.07) is 0.123. The van der Waals surface area contributed by atoms with Crippen molar-refractivity contribution < 1.29 is 14.0 Å². The van der Waals surface area contributed by atoms with Gasteiger partial charge in [-0.05, 0) is 25.6 Å². The number of unbranched alkanes of at least 4 members (excludes halogenated alkanes) is 7. The lowest BCUT2D eigenvalue weighted by Gasteiger charge is -2.00. The van der Waals surface area contributed by atoms with Crippen LogP contribution in [0.3, 0.4) is 0 Å². The summed E-state index contributed by atoms with van der Waals surface area (Å²) < 4.78 is 23.6. The Morgan fingerprint density at radius 3 is 2.33 bits per heavy atom. The molecule has 106 valence electrons. The molecule has 0 amide bonds. The molecule has 0 unspecified atom stereocenters. The molecule has 0 atom stereocenters. The van der Waals surface area contributed by atoms with E-state index in [1.165, 1.54) is 0 Å². The fourth-order valence-corrected chi connectivity index (χ4v) is 1.72. The Hall–Kier alpha value is -0.790. The quantitative estimate of drug-likeness (QED) is 0.358. The molecule has 0 heterocycles. The van der Waals surface area contributed by atoms with E-state index in [9.17, 15) is 4.79 Å². The molecule has 0 saturated heterocycles. The van der Waals surface area contributed by atoms with E-state index in [0.717, 1.165) is 57.8 Å². The highest BCUT2D eigenvalue weighted by Crippen LogP contribution is 2.10. The van der Waals surface area contributed by atoms with Crippen LogP contribution in [-0.4, -0.2) is 11.1 Å². The van der Waals surface area contributed by atoms with Gasteiger partial charge in [0.25, 0.3) is 0 Å². The van der Waals surface area contributed by atoms with Gasteiger partial charge in [-0.2, -0.15) is 0 Å². The van der Waals surface area contributed by atoms with E-state index in [0.29, 0.717) is 6.42 Å². The van der Waals surface area contributed by atoms with Gasteiger partial charge in [0.05, 0.1) is 1.37 Å². The first-order valence-electron chi connectivity index (χ1n) is 8.79. The number of aliphatic carboxylic acids is 1. The van der Waals surface area contributed by atoms with Crippen LogP contribution in [0.25, 0.3) is 0 Å². The zero-order chi connectivity index (χ0) is 16.1. The number of rotatable bonds is 13. The molecule has 0 spiro atoms. The molecule has 0 saturated carbocycles. The third-order valence-electron chi connectivity index (χ3n) is 2.85. The van der Waals surface area contributed by atoms with E-state index in [-0.39, 0.29) is 12.5 Å². The van der Waals surface area contributed by atoms with E-state index in [2.05, 4.69) is 6.92 Å². The van der Waals surface area contributed by atoms with Crippen molar-refractivity contribution in [2.45, 2.75) is 83.9 Å². The van der Waals surface area contributed by atoms with Crippen LogP contribution in [0.2, 0.25) is 0 Å². The van der Waals surface area contributed by atoms with Crippen molar-refractivity contribution in [3.05, 3.63) is 12.1 Å². The number of carboxylic acids is 1. The maximum absolute atomic E-state index is 10.3. The van der Waals surface area contributed by atoms with Gasteiger partial charge in [-0.15, -0.1) is 0 Å². The average molecular weight is 257 g/mol. The SMILES string of the molecule is [2H]/C(=C/CCCC)C([2H])([2H])CCCCCCCCC(=O)O. The van der Waals surface area contributed by atoms with Crippen molar-refractivity contribution in [1.82, 2.24) is 0 Å². The van der Waals surface area contributed by atoms with Gasteiger partial charge in [0.2, 0.25) is 0 Å². The van der Waals surface area contributed by atoms with E-state index >= 15 is 0 Å². The molecule has 0 aromatic rings. The summed E-state index contributed by atoms with van der Waals surface area (Å²) in [7, 11) is 0. The van der Waals surface area contributed by atoms with E-state index in [1.54, 1.807) is 6.08 Å². The van der Waals surface area contributed by atoms with Gasteiger partial charge in [0.15, 0.2) is 0 Å². The fraction of sp³-hybridized carbons (Fsp3) is 0.812. The third kappa shape index (κ3) is 15.2. The average Bonchev–Trinajstić information content (AvgIpc) is 2.41. The molecule has 18 heavy (non-hydrogen) atoms. The largest absolute Gasteiger partial charge is 0.481 e. The molecule has 2 heteroatoms. The lowest BCUT2D eigenvalue weighted by atomic mass is 10.1.